The van der Waals surface area contributed by atoms with Crippen LogP contribution >= 0.6 is 0 Å². The minimum absolute atomic E-state index is 0.121. The highest BCUT2D eigenvalue weighted by Crippen LogP contribution is 2.36. The lowest BCUT2D eigenvalue weighted by atomic mass is 9.89. The van der Waals surface area contributed by atoms with Gasteiger partial charge < -0.3 is 15.0 Å². The predicted molar refractivity (Wildman–Crippen MR) is 86.2 cm³/mol. The van der Waals surface area contributed by atoms with Crippen molar-refractivity contribution in [2.75, 3.05) is 29.9 Å². The number of hydrogen-bond donors (Lipinski definition) is 1. The Morgan fingerprint density at radius 3 is 2.61 bits per heavy atom. The Morgan fingerprint density at radius 1 is 1.09 bits per heavy atom. The highest BCUT2D eigenvalue weighted by Gasteiger charge is 2.44. The number of rotatable bonds is 3. The first kappa shape index (κ1) is 14.3. The van der Waals surface area contributed by atoms with Crippen LogP contribution in [-0.2, 0) is 4.74 Å². The van der Waals surface area contributed by atoms with Crippen molar-refractivity contribution in [1.82, 2.24) is 19.9 Å². The SMILES string of the molecule is c1cnc(N[C@H]2CO[C@@]3(CCCN(c4ncccn4)C3)C2)nc1. The van der Waals surface area contributed by atoms with Crippen LogP contribution in [-0.4, -0.2) is 51.3 Å². The molecule has 2 fully saturated rings. The van der Waals surface area contributed by atoms with Gasteiger partial charge in [0.2, 0.25) is 11.9 Å². The topological polar surface area (TPSA) is 76.1 Å². The van der Waals surface area contributed by atoms with Crippen LogP contribution < -0.4 is 10.2 Å². The van der Waals surface area contributed by atoms with Crippen LogP contribution in [0, 0.1) is 0 Å². The van der Waals surface area contributed by atoms with Crippen LogP contribution in [0.25, 0.3) is 0 Å². The molecule has 0 bridgehead atoms. The Kier molecular flexibility index (Phi) is 3.78. The molecule has 1 N–H and O–H groups in total. The highest BCUT2D eigenvalue weighted by atomic mass is 16.5. The van der Waals surface area contributed by atoms with E-state index in [1.165, 1.54) is 0 Å². The summed E-state index contributed by atoms with van der Waals surface area (Å²) in [5, 5.41) is 3.37. The fourth-order valence-corrected chi connectivity index (χ4v) is 3.50. The second-order valence-electron chi connectivity index (χ2n) is 6.19. The first-order valence-electron chi connectivity index (χ1n) is 8.03. The zero-order valence-electron chi connectivity index (χ0n) is 12.9. The lowest BCUT2D eigenvalue weighted by Crippen LogP contribution is -2.48. The smallest absolute Gasteiger partial charge is 0.225 e. The summed E-state index contributed by atoms with van der Waals surface area (Å²) < 4.78 is 6.20. The number of piperidine rings is 1. The van der Waals surface area contributed by atoms with E-state index >= 15 is 0 Å². The number of nitrogens with zero attached hydrogens (tertiary/aromatic N) is 5. The molecule has 23 heavy (non-hydrogen) atoms. The summed E-state index contributed by atoms with van der Waals surface area (Å²) in [5.41, 5.74) is -0.121. The largest absolute Gasteiger partial charge is 0.371 e. The van der Waals surface area contributed by atoms with E-state index in [2.05, 4.69) is 30.2 Å². The number of hydrogen-bond acceptors (Lipinski definition) is 7. The van der Waals surface area contributed by atoms with Gasteiger partial charge in [-0.25, -0.2) is 19.9 Å². The molecular weight excluding hydrogens is 292 g/mol. The van der Waals surface area contributed by atoms with E-state index in [4.69, 9.17) is 4.74 Å². The van der Waals surface area contributed by atoms with Gasteiger partial charge in [-0.1, -0.05) is 0 Å². The van der Waals surface area contributed by atoms with Crippen molar-refractivity contribution in [3.63, 3.8) is 0 Å². The van der Waals surface area contributed by atoms with E-state index in [1.807, 2.05) is 12.1 Å². The summed E-state index contributed by atoms with van der Waals surface area (Å²) in [6, 6.07) is 3.90. The number of aromatic nitrogens is 4. The van der Waals surface area contributed by atoms with E-state index < -0.39 is 0 Å². The average Bonchev–Trinajstić information content (AvgIpc) is 2.98. The van der Waals surface area contributed by atoms with E-state index in [0.29, 0.717) is 12.6 Å². The molecule has 2 aliphatic rings. The molecule has 0 amide bonds. The van der Waals surface area contributed by atoms with Crippen molar-refractivity contribution in [1.29, 1.82) is 0 Å². The third kappa shape index (κ3) is 3.10. The second-order valence-corrected chi connectivity index (χ2v) is 6.19. The third-order valence-corrected chi connectivity index (χ3v) is 4.48. The van der Waals surface area contributed by atoms with Gasteiger partial charge in [0.15, 0.2) is 0 Å². The minimum atomic E-state index is -0.121. The molecular formula is C16H20N6O. The van der Waals surface area contributed by atoms with Gasteiger partial charge in [-0.15, -0.1) is 0 Å². The molecule has 2 atom stereocenters. The maximum Gasteiger partial charge on any atom is 0.225 e. The first-order valence-corrected chi connectivity index (χ1v) is 8.03. The van der Waals surface area contributed by atoms with Crippen molar-refractivity contribution in [3.8, 4) is 0 Å². The summed E-state index contributed by atoms with van der Waals surface area (Å²) in [6.07, 6.45) is 10.2. The van der Waals surface area contributed by atoms with Gasteiger partial charge in [0.05, 0.1) is 18.2 Å². The van der Waals surface area contributed by atoms with Crippen molar-refractivity contribution >= 4 is 11.9 Å². The highest BCUT2D eigenvalue weighted by molar-refractivity contribution is 5.32. The Hall–Kier alpha value is -2.28. The summed E-state index contributed by atoms with van der Waals surface area (Å²) in [5.74, 6) is 1.45. The molecule has 7 nitrogen and oxygen atoms in total. The van der Waals surface area contributed by atoms with Gasteiger partial charge in [0, 0.05) is 44.3 Å². The lowest BCUT2D eigenvalue weighted by molar-refractivity contribution is -0.00668. The molecule has 0 aliphatic carbocycles. The molecule has 0 saturated carbocycles. The molecule has 2 aromatic rings. The molecule has 2 aromatic heterocycles. The molecule has 0 radical (unpaired) electrons. The number of ether oxygens (including phenoxy) is 1. The molecule has 7 heteroatoms. The monoisotopic (exact) mass is 312 g/mol. The van der Waals surface area contributed by atoms with Gasteiger partial charge in [-0.3, -0.25) is 0 Å². The Balaban J connectivity index is 1.43. The van der Waals surface area contributed by atoms with Crippen LogP contribution in [0.1, 0.15) is 19.3 Å². The van der Waals surface area contributed by atoms with Gasteiger partial charge in [0.25, 0.3) is 0 Å². The summed E-state index contributed by atoms with van der Waals surface area (Å²) in [4.78, 5) is 19.4. The van der Waals surface area contributed by atoms with Crippen molar-refractivity contribution < 1.29 is 4.74 Å². The molecule has 1 spiro atoms. The van der Waals surface area contributed by atoms with Crippen molar-refractivity contribution in [2.24, 2.45) is 0 Å². The van der Waals surface area contributed by atoms with Crippen LogP contribution in [0.4, 0.5) is 11.9 Å². The zero-order valence-corrected chi connectivity index (χ0v) is 12.9. The van der Waals surface area contributed by atoms with Crippen molar-refractivity contribution in [2.45, 2.75) is 30.9 Å². The van der Waals surface area contributed by atoms with Gasteiger partial charge >= 0.3 is 0 Å². The molecule has 4 rings (SSSR count). The van der Waals surface area contributed by atoms with Gasteiger partial charge in [-0.2, -0.15) is 0 Å². The number of anilines is 2. The average molecular weight is 312 g/mol. The standard InChI is InChI=1S/C16H20N6O/c1-4-16(12-22(9-1)15-19-7-3-8-20-15)10-13(11-23-16)21-14-17-5-2-6-18-14/h2-3,5-8,13H,1,4,9-12H2,(H,17,18,21)/t13-,16+/m1/s1. The first-order chi connectivity index (χ1) is 11.3. The van der Waals surface area contributed by atoms with E-state index in [-0.39, 0.29) is 11.6 Å². The summed E-state index contributed by atoms with van der Waals surface area (Å²) in [6.45, 7) is 2.50. The van der Waals surface area contributed by atoms with E-state index in [1.54, 1.807) is 24.8 Å². The van der Waals surface area contributed by atoms with Crippen LogP contribution in [0.3, 0.4) is 0 Å². The van der Waals surface area contributed by atoms with Gasteiger partial charge in [-0.05, 0) is 25.0 Å². The Bertz CT molecular complexity index is 640. The Labute approximate surface area is 135 Å². The van der Waals surface area contributed by atoms with Crippen LogP contribution in [0.2, 0.25) is 0 Å². The van der Waals surface area contributed by atoms with Crippen LogP contribution in [0.5, 0.6) is 0 Å². The summed E-state index contributed by atoms with van der Waals surface area (Å²) >= 11 is 0. The third-order valence-electron chi connectivity index (χ3n) is 4.48. The molecule has 120 valence electrons. The zero-order chi connectivity index (χ0) is 15.5. The normalized spacial score (nSPS) is 27.3. The van der Waals surface area contributed by atoms with Crippen molar-refractivity contribution in [3.05, 3.63) is 36.9 Å². The fraction of sp³-hybridized carbons (Fsp3) is 0.500. The number of nitrogens with one attached hydrogen (secondary N) is 1. The molecule has 2 aliphatic heterocycles. The lowest BCUT2D eigenvalue weighted by Gasteiger charge is -2.39. The van der Waals surface area contributed by atoms with Crippen LogP contribution in [0.15, 0.2) is 36.9 Å². The molecule has 2 saturated heterocycles. The maximum absolute atomic E-state index is 6.20. The summed E-state index contributed by atoms with van der Waals surface area (Å²) in [7, 11) is 0. The molecule has 0 unspecified atom stereocenters. The molecule has 0 aromatic carbocycles. The van der Waals surface area contributed by atoms with E-state index in [0.717, 1.165) is 38.3 Å². The Morgan fingerprint density at radius 2 is 1.83 bits per heavy atom. The predicted octanol–water partition coefficient (Wildman–Crippen LogP) is 1.51. The quantitative estimate of drug-likeness (QED) is 0.920. The second kappa shape index (κ2) is 6.08. The van der Waals surface area contributed by atoms with Gasteiger partial charge in [0.1, 0.15) is 0 Å². The van der Waals surface area contributed by atoms with E-state index in [9.17, 15) is 0 Å². The fourth-order valence-electron chi connectivity index (χ4n) is 3.50. The molecule has 4 heterocycles. The maximum atomic E-state index is 6.20. The minimum Gasteiger partial charge on any atom is -0.371 e.